The first-order valence-corrected chi connectivity index (χ1v) is 29.9. The number of carbonyl (C=O) groups excluding carboxylic acids is 9. The van der Waals surface area contributed by atoms with Crippen molar-refractivity contribution in [3.8, 4) is 17.2 Å². The number of piperidine rings is 1. The molecule has 6 atom stereocenters. The van der Waals surface area contributed by atoms with Gasteiger partial charge in [-0.1, -0.05) is 84.9 Å². The van der Waals surface area contributed by atoms with Crippen LogP contribution in [0.15, 0.2) is 115 Å². The highest BCUT2D eigenvalue weighted by Crippen LogP contribution is 2.34. The number of methoxy groups -OCH3 is 2. The number of hydrogen-bond acceptors (Lipinski definition) is 15. The third-order valence-corrected chi connectivity index (χ3v) is 16.1. The molecule has 6 amide bonds. The van der Waals surface area contributed by atoms with Crippen molar-refractivity contribution in [1.29, 1.82) is 0 Å². The minimum atomic E-state index is -1.50. The number of ether oxygens (including phenoxy) is 6. The van der Waals surface area contributed by atoms with Gasteiger partial charge in [0.15, 0.2) is 18.1 Å². The van der Waals surface area contributed by atoms with Crippen molar-refractivity contribution in [2.75, 3.05) is 74.8 Å². The Morgan fingerprint density at radius 1 is 0.659 bits per heavy atom. The Hall–Kier alpha value is -8.59. The summed E-state index contributed by atoms with van der Waals surface area (Å²) in [5.74, 6) is -4.99. The van der Waals surface area contributed by atoms with Crippen LogP contribution in [0.5, 0.6) is 17.2 Å². The van der Waals surface area contributed by atoms with Gasteiger partial charge in [0, 0.05) is 46.9 Å². The first-order chi connectivity index (χ1) is 41.9. The molecule has 0 radical (unpaired) electrons. The molecule has 88 heavy (non-hydrogen) atoms. The summed E-state index contributed by atoms with van der Waals surface area (Å²) in [6.07, 6.45) is 4.70. The largest absolute Gasteiger partial charge is 0.493 e. The van der Waals surface area contributed by atoms with Crippen molar-refractivity contribution in [2.24, 2.45) is 5.41 Å². The van der Waals surface area contributed by atoms with Crippen LogP contribution < -0.4 is 19.5 Å². The highest BCUT2D eigenvalue weighted by Gasteiger charge is 2.45. The number of amides is 6. The van der Waals surface area contributed by atoms with Crippen LogP contribution in [0.4, 0.5) is 0 Å². The number of esters is 2. The van der Waals surface area contributed by atoms with E-state index in [1.54, 1.807) is 98.0 Å². The van der Waals surface area contributed by atoms with Crippen molar-refractivity contribution < 1.29 is 71.6 Å². The minimum Gasteiger partial charge on any atom is -0.493 e. The second kappa shape index (κ2) is 30.4. The van der Waals surface area contributed by atoms with Crippen LogP contribution in [-0.4, -0.2) is 176 Å². The summed E-state index contributed by atoms with van der Waals surface area (Å²) in [4.78, 5) is 137. The Balaban J connectivity index is 1.24. The van der Waals surface area contributed by atoms with E-state index in [2.05, 4.69) is 5.32 Å². The molecule has 2 saturated heterocycles. The van der Waals surface area contributed by atoms with Crippen molar-refractivity contribution in [3.63, 3.8) is 0 Å². The predicted molar refractivity (Wildman–Crippen MR) is 325 cm³/mol. The SMILES string of the molecule is COc1ccc(CC[C@H]2OC(=O)[C@@H]3CCCCN3C(=O)C(=O)C(C)(C)COC(=O)C=CCCN(C)C(=O)[C@@H]3CCCN3C(=O)[C@H](COC(C)(C)C)N(C)C(=O)C(c3ccccc3)NC(=O)C(c3ccccc3)N(C)C(=O)COc3cccc2c3)cc1OC. The summed E-state index contributed by atoms with van der Waals surface area (Å²) in [6.45, 7) is 7.58. The first kappa shape index (κ1) is 66.9. The van der Waals surface area contributed by atoms with Crippen LogP contribution in [0.1, 0.15) is 120 Å². The fraction of sp³-hybridized carbons (Fsp3) is 0.478. The fourth-order valence-electron chi connectivity index (χ4n) is 10.9. The van der Waals surface area contributed by atoms with Crippen molar-refractivity contribution in [1.82, 2.24) is 29.8 Å². The van der Waals surface area contributed by atoms with E-state index in [4.69, 9.17) is 28.4 Å². The Morgan fingerprint density at radius 2 is 1.32 bits per heavy atom. The van der Waals surface area contributed by atoms with Crippen LogP contribution in [0.3, 0.4) is 0 Å². The topological polar surface area (TPSA) is 237 Å². The van der Waals surface area contributed by atoms with Crippen molar-refractivity contribution in [2.45, 2.75) is 128 Å². The number of Topliss-reactive ketones (excluding diaryl/α,β-unsaturated/α-hetero) is 1. The van der Waals surface area contributed by atoms with Gasteiger partial charge in [-0.15, -0.1) is 0 Å². The third-order valence-electron chi connectivity index (χ3n) is 16.1. The fourth-order valence-corrected chi connectivity index (χ4v) is 10.9. The monoisotopic (exact) mass is 1210 g/mol. The minimum absolute atomic E-state index is 0.0971. The molecule has 3 heterocycles. The van der Waals surface area contributed by atoms with Gasteiger partial charge < -0.3 is 58.2 Å². The molecular formula is C67H84N6O15. The lowest BCUT2D eigenvalue weighted by atomic mass is 9.87. The lowest BCUT2D eigenvalue weighted by Gasteiger charge is -2.37. The highest BCUT2D eigenvalue weighted by molar-refractivity contribution is 6.38. The van der Waals surface area contributed by atoms with E-state index in [9.17, 15) is 33.6 Å². The maximum Gasteiger partial charge on any atom is 0.330 e. The molecule has 472 valence electrons. The van der Waals surface area contributed by atoms with Crippen molar-refractivity contribution in [3.05, 3.63) is 138 Å². The van der Waals surface area contributed by atoms with Crippen LogP contribution in [0, 0.1) is 5.41 Å². The molecule has 2 unspecified atom stereocenters. The number of rotatable bonds is 9. The molecule has 4 aromatic rings. The third kappa shape index (κ3) is 17.1. The van der Waals surface area contributed by atoms with E-state index in [0.717, 1.165) is 5.56 Å². The summed E-state index contributed by atoms with van der Waals surface area (Å²) in [7, 11) is 7.55. The summed E-state index contributed by atoms with van der Waals surface area (Å²) in [6, 6.07) is 23.2. The lowest BCUT2D eigenvalue weighted by Crippen LogP contribution is -2.57. The maximum atomic E-state index is 15.2. The maximum absolute atomic E-state index is 15.2. The van der Waals surface area contributed by atoms with Crippen LogP contribution >= 0.6 is 0 Å². The van der Waals surface area contributed by atoms with E-state index in [-0.39, 0.29) is 57.2 Å². The molecule has 21 heteroatoms. The molecule has 4 aromatic carbocycles. The molecule has 3 aliphatic heterocycles. The summed E-state index contributed by atoms with van der Waals surface area (Å²) in [5, 5.41) is 2.93. The zero-order chi connectivity index (χ0) is 63.9. The molecule has 1 N–H and O–H groups in total. The molecule has 21 nitrogen and oxygen atoms in total. The molecule has 2 bridgehead atoms. The predicted octanol–water partition coefficient (Wildman–Crippen LogP) is 6.93. The van der Waals surface area contributed by atoms with Gasteiger partial charge >= 0.3 is 11.9 Å². The summed E-state index contributed by atoms with van der Waals surface area (Å²) in [5.41, 5.74) is -0.141. The standard InChI is InChI=1S/C67H84N6O15/c1-66(2,3)87-41-51-62(79)72-38-22-30-49(72)61(78)69(6)36-19-18-31-56(75)86-43-67(4,5)59(76)64(81)73-37-20-17-29-50(73)65(82)88-52(34-32-44-33-35-53(83-9)54(39-44)84-10)47-27-21-28-48(40-47)85-42-55(74)71(8)58(46-25-15-12-16-26-46)60(77)68-57(63(80)70(51)7)45-23-13-11-14-24-45/h11-16,18,21,23-28,31,33,35,39-40,49-52,57-58H,17,19-20,22,29-30,32,34,36-38,41-43H2,1-10H3,(H,68,77)/t49-,50-,51-,52+,57?,58?/m0/s1. The Bertz CT molecular complexity index is 3160. The number of hydrogen-bond donors (Lipinski definition) is 1. The lowest BCUT2D eigenvalue weighted by molar-refractivity contribution is -0.165. The molecule has 0 spiro atoms. The van der Waals surface area contributed by atoms with Crippen LogP contribution in [-0.2, 0) is 63.8 Å². The second-order valence-corrected chi connectivity index (χ2v) is 24.0. The number of benzene rings is 4. The van der Waals surface area contributed by atoms with E-state index < -0.39 is 108 Å². The first-order valence-electron chi connectivity index (χ1n) is 29.9. The average molecular weight is 1210 g/mol. The number of cyclic esters (lactones) is 2. The van der Waals surface area contributed by atoms with E-state index in [1.807, 2.05) is 32.9 Å². The van der Waals surface area contributed by atoms with Gasteiger partial charge in [0.1, 0.15) is 48.7 Å². The van der Waals surface area contributed by atoms with Crippen molar-refractivity contribution >= 4 is 53.2 Å². The van der Waals surface area contributed by atoms with Gasteiger partial charge in [-0.2, -0.15) is 0 Å². The molecule has 2 fully saturated rings. The molecule has 0 aromatic heterocycles. The summed E-state index contributed by atoms with van der Waals surface area (Å²) >= 11 is 0. The normalized spacial score (nSPS) is 23.1. The number of nitrogens with one attached hydrogen (secondary N) is 1. The number of nitrogens with zero attached hydrogens (tertiary/aromatic N) is 5. The van der Waals surface area contributed by atoms with E-state index in [1.165, 1.54) is 78.8 Å². The second-order valence-electron chi connectivity index (χ2n) is 24.0. The van der Waals surface area contributed by atoms with Gasteiger partial charge in [-0.05, 0) is 133 Å². The molecule has 0 aliphatic carbocycles. The smallest absolute Gasteiger partial charge is 0.330 e. The Labute approximate surface area is 515 Å². The molecule has 7 rings (SSSR count). The zero-order valence-corrected chi connectivity index (χ0v) is 52.2. The van der Waals surface area contributed by atoms with Gasteiger partial charge in [0.25, 0.3) is 11.8 Å². The van der Waals surface area contributed by atoms with Gasteiger partial charge in [0.05, 0.1) is 31.8 Å². The number of aryl methyl sites for hydroxylation is 1. The van der Waals surface area contributed by atoms with Gasteiger partial charge in [-0.3, -0.25) is 33.6 Å². The average Bonchev–Trinajstić information content (AvgIpc) is 1.88. The van der Waals surface area contributed by atoms with Crippen LogP contribution in [0.25, 0.3) is 0 Å². The van der Waals surface area contributed by atoms with E-state index in [0.29, 0.717) is 60.3 Å². The van der Waals surface area contributed by atoms with E-state index >= 15 is 9.59 Å². The highest BCUT2D eigenvalue weighted by atomic mass is 16.5. The number of carbonyl (C=O) groups is 9. The molecule has 3 aliphatic rings. The molecular weight excluding hydrogens is 1130 g/mol. The Kier molecular flexibility index (Phi) is 23.1. The molecule has 0 saturated carbocycles. The quantitative estimate of drug-likeness (QED) is 0.132. The van der Waals surface area contributed by atoms with Gasteiger partial charge in [-0.25, -0.2) is 9.59 Å². The number of likely N-dealkylation sites (N-methyl/N-ethyl adjacent to an activating group) is 3. The van der Waals surface area contributed by atoms with Crippen LogP contribution in [0.2, 0.25) is 0 Å². The van der Waals surface area contributed by atoms with Gasteiger partial charge in [0.2, 0.25) is 29.4 Å². The number of ketones is 1. The summed E-state index contributed by atoms with van der Waals surface area (Å²) < 4.78 is 35.3. The number of fused-ring (bicyclic) bond motifs is 4. The Morgan fingerprint density at radius 3 is 2.00 bits per heavy atom. The zero-order valence-electron chi connectivity index (χ0n) is 52.2.